The van der Waals surface area contributed by atoms with E-state index in [9.17, 15) is 63.1 Å². The number of rotatable bonds is 21. The number of carboxylic acid groups (broad SMARTS) is 1. The van der Waals surface area contributed by atoms with Gasteiger partial charge < -0.3 is 46.9 Å². The van der Waals surface area contributed by atoms with E-state index >= 15 is 0 Å². The van der Waals surface area contributed by atoms with E-state index < -0.39 is 112 Å². The molecule has 0 aliphatic heterocycles. The van der Waals surface area contributed by atoms with Crippen LogP contribution in [0, 0.1) is 34.1 Å². The van der Waals surface area contributed by atoms with Crippen molar-refractivity contribution in [3.8, 4) is 11.8 Å². The zero-order valence-electron chi connectivity index (χ0n) is 41.9. The Bertz CT molecular complexity index is 2570. The van der Waals surface area contributed by atoms with E-state index in [0.717, 1.165) is 24.3 Å². The molecule has 2 saturated carbocycles. The first kappa shape index (κ1) is 61.0. The molecule has 75 heavy (non-hydrogen) atoms. The van der Waals surface area contributed by atoms with Gasteiger partial charge in [-0.3, -0.25) is 19.2 Å². The van der Waals surface area contributed by atoms with Crippen molar-refractivity contribution in [2.45, 2.75) is 87.6 Å². The summed E-state index contributed by atoms with van der Waals surface area (Å²) in [6, 6.07) is 9.59. The minimum atomic E-state index is -4.49. The monoisotopic (exact) mass is 1070 g/mol. The fraction of sp³-hybridized carbons (Fsp3) is 0.480. The maximum atomic E-state index is 14.2. The number of hydrogen-bond donors (Lipinski definition) is 5. The van der Waals surface area contributed by atoms with Crippen LogP contribution in [0.1, 0.15) is 93.3 Å². The molecule has 6 rings (SSSR count). The van der Waals surface area contributed by atoms with E-state index in [2.05, 4.69) is 15.3 Å². The van der Waals surface area contributed by atoms with Crippen LogP contribution < -0.4 is 32.0 Å². The van der Waals surface area contributed by atoms with E-state index in [0.29, 0.717) is 18.5 Å². The van der Waals surface area contributed by atoms with E-state index in [4.69, 9.17) is 31.8 Å². The Kier molecular flexibility index (Phi) is 20.6. The third kappa shape index (κ3) is 15.5. The molecular formula is C50H60F10N8O7. The van der Waals surface area contributed by atoms with E-state index in [-0.39, 0.29) is 73.1 Å². The minimum Gasteiger partial charge on any atom is -0.481 e. The fourth-order valence-corrected chi connectivity index (χ4v) is 8.71. The topological polar surface area (TPSA) is 229 Å². The number of benzene rings is 2. The molecule has 2 heterocycles. The summed E-state index contributed by atoms with van der Waals surface area (Å²) in [7, 11) is 9.84. The Morgan fingerprint density at radius 2 is 1.01 bits per heavy atom. The number of halogens is 10. The van der Waals surface area contributed by atoms with Gasteiger partial charge in [0.1, 0.15) is 34.4 Å². The Hall–Kier alpha value is -6.60. The Morgan fingerprint density at radius 3 is 1.28 bits per heavy atom. The molecule has 4 atom stereocenters. The van der Waals surface area contributed by atoms with Crippen LogP contribution in [0.15, 0.2) is 60.9 Å². The number of methoxy groups -OCH3 is 2. The molecule has 2 aliphatic carbocycles. The van der Waals surface area contributed by atoms with Crippen LogP contribution >= 0.6 is 0 Å². The normalized spacial score (nSPS) is 16.0. The summed E-state index contributed by atoms with van der Waals surface area (Å²) in [4.78, 5) is 57.3. The number of pyridine rings is 2. The second kappa shape index (κ2) is 25.3. The summed E-state index contributed by atoms with van der Waals surface area (Å²) in [5.74, 6) is -9.97. The molecule has 0 saturated heterocycles. The quantitative estimate of drug-likeness (QED) is 0.0529. The first-order valence-electron chi connectivity index (χ1n) is 23.2. The zero-order valence-corrected chi connectivity index (χ0v) is 41.9. The standard InChI is InChI=1S/C25H29F5N4O3.C13H14F3NO3.C12H17F2N3O/c1-34(2)16(8-14-9-18(26)22(23(31)36)19(27)10-14)13-32-20(35)11-17(24(6-7-24)25(28,29)30)15-4-5-21(37-3)33-12-15;1-20-10-3-2-8(7-17-10)9(6-11(18)19)12(4-5-12)13(14,15)16;1-17(2)8(6-15)3-7-4-9(13)11(12(16)18)10(14)5-7/h4-5,9-10,12,16-17H,6-8,11,13H2,1-3H3,(H2,31,36)(H,32,35);2-3,7,9H,4-6H2,1H3,(H,18,19);4-5,8H,3,6,15H2,1-2H3,(H2,16,18)/t16-,17?;;8-/m0.0/s1. The third-order valence-electron chi connectivity index (χ3n) is 13.5. The highest BCUT2D eigenvalue weighted by Crippen LogP contribution is 2.67. The van der Waals surface area contributed by atoms with Crippen molar-refractivity contribution in [2.75, 3.05) is 55.5 Å². The number of primary amides is 2. The summed E-state index contributed by atoms with van der Waals surface area (Å²) < 4.78 is 147. The van der Waals surface area contributed by atoms with Gasteiger partial charge in [-0.15, -0.1) is 0 Å². The van der Waals surface area contributed by atoms with Crippen molar-refractivity contribution in [2.24, 2.45) is 28.0 Å². The lowest BCUT2D eigenvalue weighted by Gasteiger charge is -2.30. The lowest BCUT2D eigenvalue weighted by molar-refractivity contribution is -0.196. The molecule has 8 N–H and O–H groups in total. The Morgan fingerprint density at radius 1 is 0.653 bits per heavy atom. The molecule has 2 aromatic heterocycles. The summed E-state index contributed by atoms with van der Waals surface area (Å²) >= 11 is 0. The second-order valence-electron chi connectivity index (χ2n) is 18.8. The van der Waals surface area contributed by atoms with E-state index in [1.165, 1.54) is 50.9 Å². The smallest absolute Gasteiger partial charge is 0.395 e. The van der Waals surface area contributed by atoms with Crippen LogP contribution in [0.3, 0.4) is 0 Å². The van der Waals surface area contributed by atoms with Crippen LogP contribution in [-0.4, -0.2) is 129 Å². The third-order valence-corrected chi connectivity index (χ3v) is 13.5. The molecular weight excluding hydrogens is 1010 g/mol. The number of carbonyl (C=O) groups excluding carboxylic acids is 3. The van der Waals surface area contributed by atoms with Crippen molar-refractivity contribution in [1.29, 1.82) is 0 Å². The molecule has 2 unspecified atom stereocenters. The van der Waals surface area contributed by atoms with Crippen molar-refractivity contribution < 1.29 is 77.7 Å². The largest absolute Gasteiger partial charge is 0.481 e. The number of nitrogens with two attached hydrogens (primary N) is 3. The molecule has 412 valence electrons. The average Bonchev–Trinajstić information content (AvgIpc) is 4.26. The number of likely N-dealkylation sites (N-methyl/N-ethyl adjacent to an activating group) is 2. The van der Waals surface area contributed by atoms with Crippen molar-refractivity contribution in [3.63, 3.8) is 0 Å². The molecule has 2 aromatic carbocycles. The van der Waals surface area contributed by atoms with Gasteiger partial charge in [0.25, 0.3) is 11.8 Å². The Balaban J connectivity index is 0.000000269. The summed E-state index contributed by atoms with van der Waals surface area (Å²) in [5.41, 5.74) is 11.2. The Labute approximate surface area is 426 Å². The number of carbonyl (C=O) groups is 4. The highest BCUT2D eigenvalue weighted by molar-refractivity contribution is 5.94. The molecule has 3 amide bonds. The summed E-state index contributed by atoms with van der Waals surface area (Å²) in [6.45, 7) is 0.382. The second-order valence-corrected chi connectivity index (χ2v) is 18.8. The fourth-order valence-electron chi connectivity index (χ4n) is 8.71. The SMILES string of the molecule is CN(C)[C@H](CN)Cc1cc(F)c(C(N)=O)c(F)c1.COc1ccc(C(CC(=O)NC[C@H](Cc2cc(F)c(C(N)=O)c(F)c2)N(C)C)C2(C(F)(F)F)CC2)cn1.COc1ccc(C(CC(=O)O)C2(C(F)(F)F)CC2)cn1. The number of carboxylic acids is 1. The first-order chi connectivity index (χ1) is 34.9. The van der Waals surface area contributed by atoms with Gasteiger partial charge in [-0.05, 0) is 113 Å². The molecule has 2 fully saturated rings. The predicted octanol–water partition coefficient (Wildman–Crippen LogP) is 7.06. The maximum absolute atomic E-state index is 14.2. The number of amides is 3. The summed E-state index contributed by atoms with van der Waals surface area (Å²) in [5, 5.41) is 11.6. The summed E-state index contributed by atoms with van der Waals surface area (Å²) in [6.07, 6.45) is -7.07. The zero-order chi connectivity index (χ0) is 56.4. The molecule has 0 radical (unpaired) electrons. The van der Waals surface area contributed by atoms with Crippen LogP contribution in [0.4, 0.5) is 43.9 Å². The van der Waals surface area contributed by atoms with Crippen LogP contribution in [-0.2, 0) is 22.4 Å². The average molecular weight is 1080 g/mol. The highest BCUT2D eigenvalue weighted by atomic mass is 19.4. The highest BCUT2D eigenvalue weighted by Gasteiger charge is 2.68. The number of nitrogens with one attached hydrogen (secondary N) is 1. The number of hydrogen-bond acceptors (Lipinski definition) is 11. The van der Waals surface area contributed by atoms with Gasteiger partial charge >= 0.3 is 18.3 Å². The van der Waals surface area contributed by atoms with Crippen molar-refractivity contribution >= 4 is 23.7 Å². The maximum Gasteiger partial charge on any atom is 0.395 e. The van der Waals surface area contributed by atoms with Gasteiger partial charge in [0.2, 0.25) is 17.7 Å². The molecule has 4 aromatic rings. The van der Waals surface area contributed by atoms with Gasteiger partial charge in [0, 0.05) is 68.0 Å². The molecule has 0 spiro atoms. The lowest BCUT2D eigenvalue weighted by Crippen LogP contribution is -2.42. The lowest BCUT2D eigenvalue weighted by atomic mass is 9.80. The van der Waals surface area contributed by atoms with E-state index in [1.54, 1.807) is 19.0 Å². The number of ether oxygens (including phenoxy) is 2. The van der Waals surface area contributed by atoms with Gasteiger partial charge in [-0.1, -0.05) is 12.1 Å². The van der Waals surface area contributed by atoms with Gasteiger partial charge in [0.15, 0.2) is 0 Å². The van der Waals surface area contributed by atoms with Gasteiger partial charge in [-0.2, -0.15) is 26.3 Å². The predicted molar refractivity (Wildman–Crippen MR) is 254 cm³/mol. The molecule has 0 bridgehead atoms. The van der Waals surface area contributed by atoms with Gasteiger partial charge in [-0.25, -0.2) is 27.5 Å². The van der Waals surface area contributed by atoms with Crippen molar-refractivity contribution in [1.82, 2.24) is 25.1 Å². The van der Waals surface area contributed by atoms with Crippen LogP contribution in [0.2, 0.25) is 0 Å². The van der Waals surface area contributed by atoms with Crippen LogP contribution in [0.25, 0.3) is 0 Å². The van der Waals surface area contributed by atoms with Gasteiger partial charge in [0.05, 0.1) is 31.5 Å². The number of alkyl halides is 6. The molecule has 25 heteroatoms. The van der Waals surface area contributed by atoms with E-state index in [1.807, 2.05) is 19.0 Å². The first-order valence-corrected chi connectivity index (χ1v) is 23.2. The number of aromatic nitrogens is 2. The minimum absolute atomic E-state index is 0.0131. The van der Waals surface area contributed by atoms with Crippen LogP contribution in [0.5, 0.6) is 11.8 Å². The number of aliphatic carboxylic acids is 1. The molecule has 2 aliphatic rings. The molecule has 15 nitrogen and oxygen atoms in total. The number of nitrogens with zero attached hydrogens (tertiary/aromatic N) is 4. The van der Waals surface area contributed by atoms with Crippen molar-refractivity contribution in [3.05, 3.63) is 118 Å².